The van der Waals surface area contributed by atoms with Gasteiger partial charge in [-0.3, -0.25) is 4.79 Å². The van der Waals surface area contributed by atoms with Crippen LogP contribution in [0, 0.1) is 0 Å². The maximum absolute atomic E-state index is 11.9. The normalized spacial score (nSPS) is 11.4. The largest absolute Gasteiger partial charge is 0.306 e. The van der Waals surface area contributed by atoms with E-state index in [9.17, 15) is 14.6 Å². The molecule has 0 heterocycles. The molecule has 3 N–H and O–H groups in total. The van der Waals surface area contributed by atoms with E-state index in [1.165, 1.54) is 0 Å². The molecule has 0 atom stereocenters. The number of ketones is 1. The Labute approximate surface area is 141 Å². The average molecular weight is 353 g/mol. The molecule has 0 fully saturated rings. The summed E-state index contributed by atoms with van der Waals surface area (Å²) in [7, 11) is -3.25. The van der Waals surface area contributed by atoms with E-state index in [1.54, 1.807) is 12.1 Å². The van der Waals surface area contributed by atoms with Crippen molar-refractivity contribution in [3.05, 3.63) is 70.7 Å². The van der Waals surface area contributed by atoms with Crippen molar-refractivity contribution in [3.8, 4) is 0 Å². The summed E-state index contributed by atoms with van der Waals surface area (Å²) in [6, 6.07) is 16.5. The minimum absolute atomic E-state index is 0.111. The van der Waals surface area contributed by atoms with Crippen molar-refractivity contribution < 1.29 is 14.6 Å². The van der Waals surface area contributed by atoms with E-state index in [0.717, 1.165) is 11.1 Å². The van der Waals surface area contributed by atoms with Gasteiger partial charge in [-0.2, -0.15) is 0 Å². The van der Waals surface area contributed by atoms with Crippen LogP contribution in [0.3, 0.4) is 0 Å². The predicted molar refractivity (Wildman–Crippen MR) is 94.5 cm³/mol. The molecular weight excluding hydrogens is 333 g/mol. The molecule has 0 aliphatic carbocycles. The molecule has 122 valence electrons. The van der Waals surface area contributed by atoms with Crippen molar-refractivity contribution in [1.82, 2.24) is 5.32 Å². The smallest absolute Gasteiger partial charge is 0.279 e. The molecule has 0 bridgehead atoms. The Morgan fingerprint density at radius 3 is 2.30 bits per heavy atom. The van der Waals surface area contributed by atoms with Crippen LogP contribution in [-0.2, 0) is 17.5 Å². The molecule has 2 rings (SSSR count). The average Bonchev–Trinajstić information content (AvgIpc) is 2.49. The van der Waals surface area contributed by atoms with Gasteiger partial charge in [0.2, 0.25) is 0 Å². The summed E-state index contributed by atoms with van der Waals surface area (Å²) in [5.41, 5.74) is 1.84. The summed E-state index contributed by atoms with van der Waals surface area (Å²) in [4.78, 5) is 32.1. The summed E-state index contributed by atoms with van der Waals surface area (Å²) in [5.74, 6) is -0.201. The summed E-state index contributed by atoms with van der Waals surface area (Å²) < 4.78 is 0. The second-order valence-electron chi connectivity index (χ2n) is 5.45. The highest BCUT2D eigenvalue weighted by Crippen LogP contribution is 2.52. The van der Waals surface area contributed by atoms with E-state index in [1.807, 2.05) is 42.5 Å². The lowest BCUT2D eigenvalue weighted by atomic mass is 10.2. The Morgan fingerprint density at radius 2 is 1.65 bits per heavy atom. The first kappa shape index (κ1) is 18.1. The molecule has 0 spiro atoms. The van der Waals surface area contributed by atoms with E-state index in [0.29, 0.717) is 11.6 Å². The van der Waals surface area contributed by atoms with Gasteiger partial charge >= 0.3 is 0 Å². The highest BCUT2D eigenvalue weighted by molar-refractivity contribution is 7.64. The zero-order valence-electron chi connectivity index (χ0n) is 12.7. The van der Waals surface area contributed by atoms with Gasteiger partial charge in [0.25, 0.3) is 7.72 Å². The standard InChI is InChI=1S/C17H20ClNO3P/c18-16-8-6-14(7-9-16)10-19-11-17(20)13-23(21,22)12-15-4-2-1-3-5-15/h1-9,19,21-22H,10-13H2/q+1. The Hall–Kier alpha value is -1.29. The van der Waals surface area contributed by atoms with Crippen LogP contribution in [0.5, 0.6) is 0 Å². The number of hydrogen-bond acceptors (Lipinski definition) is 4. The minimum atomic E-state index is -3.25. The fourth-order valence-electron chi connectivity index (χ4n) is 2.22. The van der Waals surface area contributed by atoms with E-state index >= 15 is 0 Å². The van der Waals surface area contributed by atoms with E-state index < -0.39 is 7.72 Å². The number of carbonyl (C=O) groups excluding carboxylic acids is 1. The molecule has 2 aromatic rings. The molecule has 0 unspecified atom stereocenters. The van der Waals surface area contributed by atoms with Gasteiger partial charge in [-0.15, -0.1) is 0 Å². The molecule has 4 nitrogen and oxygen atoms in total. The van der Waals surface area contributed by atoms with Gasteiger partial charge in [-0.1, -0.05) is 54.1 Å². The van der Waals surface area contributed by atoms with Crippen LogP contribution in [-0.4, -0.2) is 28.3 Å². The molecule has 2 aromatic carbocycles. The molecule has 23 heavy (non-hydrogen) atoms. The second-order valence-corrected chi connectivity index (χ2v) is 8.28. The van der Waals surface area contributed by atoms with Gasteiger partial charge in [-0.25, -0.2) is 9.79 Å². The Morgan fingerprint density at radius 1 is 1.00 bits per heavy atom. The zero-order valence-corrected chi connectivity index (χ0v) is 14.3. The summed E-state index contributed by atoms with van der Waals surface area (Å²) in [5, 5.41) is 3.68. The van der Waals surface area contributed by atoms with Crippen LogP contribution < -0.4 is 5.32 Å². The monoisotopic (exact) mass is 352 g/mol. The van der Waals surface area contributed by atoms with Gasteiger partial charge in [0.05, 0.1) is 6.54 Å². The van der Waals surface area contributed by atoms with E-state index in [4.69, 9.17) is 11.6 Å². The maximum Gasteiger partial charge on any atom is 0.279 e. The topological polar surface area (TPSA) is 69.6 Å². The molecule has 0 radical (unpaired) electrons. The summed E-state index contributed by atoms with van der Waals surface area (Å²) >= 11 is 5.81. The van der Waals surface area contributed by atoms with Crippen molar-refractivity contribution in [3.63, 3.8) is 0 Å². The molecule has 0 aliphatic heterocycles. The number of benzene rings is 2. The van der Waals surface area contributed by atoms with Gasteiger partial charge in [-0.05, 0) is 23.3 Å². The Bertz CT molecular complexity index is 632. The summed E-state index contributed by atoms with van der Waals surface area (Å²) in [6.07, 6.45) is -0.0632. The van der Waals surface area contributed by atoms with Crippen LogP contribution in [0.4, 0.5) is 0 Å². The molecule has 6 heteroatoms. The first-order chi connectivity index (χ1) is 10.9. The van der Waals surface area contributed by atoms with Crippen LogP contribution in [0.25, 0.3) is 0 Å². The molecular formula is C17H20ClNO3P+. The second kappa shape index (κ2) is 8.53. The number of Topliss-reactive ketones (excluding diaryl/α,β-unsaturated/α-hetero) is 1. The van der Waals surface area contributed by atoms with E-state index in [-0.39, 0.29) is 24.7 Å². The predicted octanol–water partition coefficient (Wildman–Crippen LogP) is 3.03. The van der Waals surface area contributed by atoms with Crippen LogP contribution in [0.1, 0.15) is 11.1 Å². The van der Waals surface area contributed by atoms with Crippen molar-refractivity contribution in [1.29, 1.82) is 0 Å². The van der Waals surface area contributed by atoms with Crippen molar-refractivity contribution in [2.75, 3.05) is 12.7 Å². The number of carbonyl (C=O) groups is 1. The van der Waals surface area contributed by atoms with Crippen LogP contribution in [0.15, 0.2) is 54.6 Å². The molecule has 0 aliphatic rings. The zero-order chi connectivity index (χ0) is 16.7. The maximum atomic E-state index is 11.9. The fraction of sp³-hybridized carbons (Fsp3) is 0.235. The first-order valence-corrected chi connectivity index (χ1v) is 9.72. The van der Waals surface area contributed by atoms with Gasteiger partial charge in [0, 0.05) is 11.6 Å². The van der Waals surface area contributed by atoms with E-state index in [2.05, 4.69) is 5.32 Å². The van der Waals surface area contributed by atoms with Crippen molar-refractivity contribution in [2.24, 2.45) is 0 Å². The minimum Gasteiger partial charge on any atom is -0.306 e. The third-order valence-electron chi connectivity index (χ3n) is 3.27. The van der Waals surface area contributed by atoms with Gasteiger partial charge < -0.3 is 5.32 Å². The SMILES string of the molecule is O=C(CNCc1ccc(Cl)cc1)C[P+](O)(O)Cc1ccccc1. The quantitative estimate of drug-likeness (QED) is 0.639. The highest BCUT2D eigenvalue weighted by Gasteiger charge is 2.36. The lowest BCUT2D eigenvalue weighted by Crippen LogP contribution is -2.26. The molecule has 0 saturated heterocycles. The highest BCUT2D eigenvalue weighted by atomic mass is 35.5. The molecule has 0 saturated carbocycles. The fourth-order valence-corrected chi connectivity index (χ4v) is 3.93. The van der Waals surface area contributed by atoms with Crippen LogP contribution >= 0.6 is 19.3 Å². The number of rotatable bonds is 8. The Kier molecular flexibility index (Phi) is 6.70. The number of halogens is 1. The third kappa shape index (κ3) is 6.78. The molecule has 0 aromatic heterocycles. The number of hydrogen-bond donors (Lipinski definition) is 3. The Balaban J connectivity index is 1.76. The summed E-state index contributed by atoms with van der Waals surface area (Å²) in [6.45, 7) is 0.643. The van der Waals surface area contributed by atoms with Gasteiger partial charge in [0.1, 0.15) is 6.16 Å². The third-order valence-corrected chi connectivity index (χ3v) is 5.26. The van der Waals surface area contributed by atoms with Crippen molar-refractivity contribution >= 4 is 25.1 Å². The van der Waals surface area contributed by atoms with Crippen LogP contribution in [0.2, 0.25) is 5.02 Å². The van der Waals surface area contributed by atoms with Crippen molar-refractivity contribution in [2.45, 2.75) is 12.7 Å². The lowest BCUT2D eigenvalue weighted by molar-refractivity contribution is -0.116. The lowest BCUT2D eigenvalue weighted by Gasteiger charge is -2.12. The van der Waals surface area contributed by atoms with Gasteiger partial charge in [0.15, 0.2) is 11.9 Å². The molecule has 0 amide bonds. The number of nitrogens with one attached hydrogen (secondary N) is 1. The first-order valence-electron chi connectivity index (χ1n) is 7.28.